The van der Waals surface area contributed by atoms with E-state index in [4.69, 9.17) is 9.72 Å². The van der Waals surface area contributed by atoms with Crippen molar-refractivity contribution in [3.63, 3.8) is 0 Å². The highest BCUT2D eigenvalue weighted by atomic mass is 32.1. The summed E-state index contributed by atoms with van der Waals surface area (Å²) in [7, 11) is 0. The zero-order valence-corrected chi connectivity index (χ0v) is 18.3. The molecule has 0 aromatic carbocycles. The Hall–Kier alpha value is -2.87. The fourth-order valence-electron chi connectivity index (χ4n) is 2.62. The maximum absolute atomic E-state index is 12.9. The molecule has 0 aliphatic carbocycles. The summed E-state index contributed by atoms with van der Waals surface area (Å²) in [5.41, 5.74) is 0.115. The molecule has 0 atom stereocenters. The Morgan fingerprint density at radius 3 is 2.17 bits per heavy atom. The van der Waals surface area contributed by atoms with Gasteiger partial charge in [0.15, 0.2) is 5.13 Å². The number of ether oxygens (including phenoxy) is 1. The average molecular weight is 412 g/mol. The number of carbonyl (C=O) groups excluding carboxylic acids is 1. The van der Waals surface area contributed by atoms with Gasteiger partial charge in [-0.2, -0.15) is 0 Å². The summed E-state index contributed by atoms with van der Waals surface area (Å²) in [6.45, 7) is 11.6. The minimum Gasteiger partial charge on any atom is -0.456 e. The summed E-state index contributed by atoms with van der Waals surface area (Å²) in [5.74, 6) is 0.0850. The van der Waals surface area contributed by atoms with Crippen LogP contribution in [0.15, 0.2) is 42.9 Å². The van der Waals surface area contributed by atoms with Crippen LogP contribution in [0.3, 0.4) is 0 Å². The first-order valence-electron chi connectivity index (χ1n) is 9.29. The molecular weight excluding hydrogens is 386 g/mol. The van der Waals surface area contributed by atoms with Crippen LogP contribution in [0.25, 0.3) is 11.4 Å². The van der Waals surface area contributed by atoms with E-state index in [1.54, 1.807) is 24.7 Å². The van der Waals surface area contributed by atoms with Crippen molar-refractivity contribution in [2.45, 2.75) is 52.7 Å². The Morgan fingerprint density at radius 2 is 1.62 bits per heavy atom. The molecule has 0 unspecified atom stereocenters. The molecule has 3 heterocycles. The van der Waals surface area contributed by atoms with E-state index in [1.807, 2.05) is 64.6 Å². The Labute approximate surface area is 174 Å². The molecule has 3 aromatic rings. The smallest absolute Gasteiger partial charge is 0.351 e. The first-order valence-corrected chi connectivity index (χ1v) is 10.1. The molecule has 0 aliphatic rings. The lowest BCUT2D eigenvalue weighted by Crippen LogP contribution is -2.38. The third-order valence-electron chi connectivity index (χ3n) is 3.72. The molecule has 8 heteroatoms. The predicted octanol–water partition coefficient (Wildman–Crippen LogP) is 4.89. The molecule has 0 saturated carbocycles. The van der Waals surface area contributed by atoms with Crippen LogP contribution in [-0.4, -0.2) is 37.0 Å². The van der Waals surface area contributed by atoms with Crippen molar-refractivity contribution < 1.29 is 9.53 Å². The van der Waals surface area contributed by atoms with Crippen molar-refractivity contribution in [1.29, 1.82) is 0 Å². The van der Waals surface area contributed by atoms with E-state index >= 15 is 0 Å². The molecule has 0 fully saturated rings. The van der Waals surface area contributed by atoms with Crippen LogP contribution in [0.1, 0.15) is 51.2 Å². The van der Waals surface area contributed by atoms with Crippen LogP contribution in [0.4, 0.5) is 11.1 Å². The molecule has 0 bridgehead atoms. The topological polar surface area (TPSA) is 81.1 Å². The summed E-state index contributed by atoms with van der Waals surface area (Å²) < 4.78 is 5.62. The van der Waals surface area contributed by atoms with E-state index in [2.05, 4.69) is 15.0 Å². The lowest BCUT2D eigenvalue weighted by Gasteiger charge is -2.33. The van der Waals surface area contributed by atoms with Gasteiger partial charge < -0.3 is 4.74 Å². The fraction of sp³-hybridized carbons (Fsp3) is 0.381. The van der Waals surface area contributed by atoms with Crippen molar-refractivity contribution in [1.82, 2.24) is 19.9 Å². The van der Waals surface area contributed by atoms with Gasteiger partial charge in [-0.3, -0.25) is 9.88 Å². The zero-order chi connectivity index (χ0) is 21.2. The van der Waals surface area contributed by atoms with Gasteiger partial charge in [-0.25, -0.2) is 19.7 Å². The third-order valence-corrected chi connectivity index (χ3v) is 4.74. The summed E-state index contributed by atoms with van der Waals surface area (Å²) >= 11 is 1.25. The molecule has 7 nitrogen and oxygen atoms in total. The maximum atomic E-state index is 12.9. The molecule has 0 N–H and O–H groups in total. The van der Waals surface area contributed by atoms with Gasteiger partial charge in [-0.05, 0) is 59.7 Å². The number of carbonyl (C=O) groups is 1. The van der Waals surface area contributed by atoms with E-state index in [0.717, 1.165) is 0 Å². The van der Waals surface area contributed by atoms with Gasteiger partial charge in [0.1, 0.15) is 16.2 Å². The largest absolute Gasteiger partial charge is 0.456 e. The monoisotopic (exact) mass is 411 g/mol. The number of pyridine rings is 1. The Morgan fingerprint density at radius 1 is 0.966 bits per heavy atom. The highest BCUT2D eigenvalue weighted by Crippen LogP contribution is 2.39. The number of aromatic nitrogens is 4. The van der Waals surface area contributed by atoms with Crippen molar-refractivity contribution >= 4 is 28.4 Å². The van der Waals surface area contributed by atoms with Crippen LogP contribution in [0.2, 0.25) is 0 Å². The molecule has 0 radical (unpaired) electrons. The zero-order valence-electron chi connectivity index (χ0n) is 17.5. The third kappa shape index (κ3) is 4.95. The fourth-order valence-corrected chi connectivity index (χ4v) is 3.76. The molecule has 3 rings (SSSR count). The number of esters is 1. The summed E-state index contributed by atoms with van der Waals surface area (Å²) in [6, 6.07) is 7.27. The van der Waals surface area contributed by atoms with E-state index in [-0.39, 0.29) is 5.54 Å². The molecule has 3 aromatic heterocycles. The van der Waals surface area contributed by atoms with E-state index < -0.39 is 11.6 Å². The van der Waals surface area contributed by atoms with Gasteiger partial charge in [0.25, 0.3) is 0 Å². The SMILES string of the molecule is CC(C)(C)OC(=O)c1sc(N(c2ncccn2)C(C)(C)C)nc1-c1ccccn1. The molecule has 0 aliphatic heterocycles. The lowest BCUT2D eigenvalue weighted by atomic mass is 10.1. The molecule has 29 heavy (non-hydrogen) atoms. The van der Waals surface area contributed by atoms with Crippen molar-refractivity contribution in [3.8, 4) is 11.4 Å². The standard InChI is InChI=1S/C21H25N5O2S/c1-20(2,3)26(18-23-12-9-13-24-18)19-25-15(14-10-7-8-11-22-14)16(29-19)17(27)28-21(4,5)6/h7-13H,1-6H3. The van der Waals surface area contributed by atoms with Crippen LogP contribution >= 0.6 is 11.3 Å². The average Bonchev–Trinajstić information content (AvgIpc) is 3.06. The van der Waals surface area contributed by atoms with Crippen LogP contribution < -0.4 is 4.90 Å². The number of anilines is 2. The van der Waals surface area contributed by atoms with E-state index in [9.17, 15) is 4.79 Å². The molecule has 0 spiro atoms. The van der Waals surface area contributed by atoms with Gasteiger partial charge in [0.2, 0.25) is 5.95 Å². The lowest BCUT2D eigenvalue weighted by molar-refractivity contribution is 0.00758. The first-order chi connectivity index (χ1) is 13.6. The van der Waals surface area contributed by atoms with Gasteiger partial charge >= 0.3 is 5.97 Å². The number of thiazole rings is 1. The quantitative estimate of drug-likeness (QED) is 0.566. The highest BCUT2D eigenvalue weighted by Gasteiger charge is 2.32. The predicted molar refractivity (Wildman–Crippen MR) is 114 cm³/mol. The second-order valence-electron chi connectivity index (χ2n) is 8.45. The minimum absolute atomic E-state index is 0.369. The second-order valence-corrected chi connectivity index (χ2v) is 9.42. The number of hydrogen-bond donors (Lipinski definition) is 0. The summed E-state index contributed by atoms with van der Waals surface area (Å²) in [6.07, 6.45) is 5.04. The molecule has 152 valence electrons. The Kier molecular flexibility index (Phi) is 5.66. The second kappa shape index (κ2) is 7.87. The first kappa shape index (κ1) is 20.9. The molecular formula is C21H25N5O2S. The van der Waals surface area contributed by atoms with Crippen molar-refractivity contribution in [2.75, 3.05) is 4.90 Å². The van der Waals surface area contributed by atoms with Crippen LogP contribution in [0.5, 0.6) is 0 Å². The highest BCUT2D eigenvalue weighted by molar-refractivity contribution is 7.18. The van der Waals surface area contributed by atoms with Crippen LogP contribution in [0, 0.1) is 0 Å². The maximum Gasteiger partial charge on any atom is 0.351 e. The van der Waals surface area contributed by atoms with Gasteiger partial charge in [-0.15, -0.1) is 0 Å². The summed E-state index contributed by atoms with van der Waals surface area (Å²) in [4.78, 5) is 33.2. The number of nitrogens with zero attached hydrogens (tertiary/aromatic N) is 5. The van der Waals surface area contributed by atoms with E-state index in [1.165, 1.54) is 11.3 Å². The normalized spacial score (nSPS) is 11.9. The Balaban J connectivity index is 2.16. The molecule has 0 saturated heterocycles. The number of hydrogen-bond acceptors (Lipinski definition) is 8. The van der Waals surface area contributed by atoms with Crippen molar-refractivity contribution in [2.24, 2.45) is 0 Å². The van der Waals surface area contributed by atoms with Gasteiger partial charge in [0, 0.05) is 24.1 Å². The van der Waals surface area contributed by atoms with Gasteiger partial charge in [0.05, 0.1) is 5.69 Å². The number of rotatable bonds is 4. The van der Waals surface area contributed by atoms with Crippen LogP contribution in [-0.2, 0) is 4.74 Å². The minimum atomic E-state index is -0.616. The molecule has 0 amide bonds. The summed E-state index contributed by atoms with van der Waals surface area (Å²) in [5, 5.41) is 0.602. The van der Waals surface area contributed by atoms with Crippen molar-refractivity contribution in [3.05, 3.63) is 47.7 Å². The van der Waals surface area contributed by atoms with E-state index in [0.29, 0.717) is 27.3 Å². The van der Waals surface area contributed by atoms with Gasteiger partial charge in [-0.1, -0.05) is 17.4 Å². The Bertz CT molecular complexity index is 976.